The van der Waals surface area contributed by atoms with Crippen LogP contribution in [0.1, 0.15) is 36.2 Å². The summed E-state index contributed by atoms with van der Waals surface area (Å²) in [6.45, 7) is 5.88. The third-order valence-corrected chi connectivity index (χ3v) is 4.22. The summed E-state index contributed by atoms with van der Waals surface area (Å²) in [5.41, 5.74) is 8.30. The zero-order valence-electron chi connectivity index (χ0n) is 16.2. The molecule has 2 rings (SSSR count). The molecule has 2 aromatic rings. The second-order valence-electron chi connectivity index (χ2n) is 6.92. The smallest absolute Gasteiger partial charge is 0.252 e. The topological polar surface area (TPSA) is 93.5 Å². The average Bonchev–Trinajstić information content (AvgIpc) is 2.61. The minimum Gasteiger partial charge on any atom is -0.495 e. The van der Waals surface area contributed by atoms with Crippen molar-refractivity contribution in [1.82, 2.24) is 5.32 Å². The van der Waals surface area contributed by atoms with Crippen LogP contribution in [0.5, 0.6) is 5.75 Å². The van der Waals surface area contributed by atoms with E-state index in [-0.39, 0.29) is 17.7 Å². The number of hydrogen-bond donors (Lipinski definition) is 3. The molecule has 0 saturated heterocycles. The van der Waals surface area contributed by atoms with E-state index < -0.39 is 6.04 Å². The molecule has 0 heterocycles. The first-order valence-corrected chi connectivity index (χ1v) is 8.92. The highest BCUT2D eigenvalue weighted by molar-refractivity contribution is 6.02. The molecule has 0 saturated carbocycles. The Labute approximate surface area is 160 Å². The van der Waals surface area contributed by atoms with Crippen molar-refractivity contribution in [3.05, 3.63) is 53.6 Å². The van der Waals surface area contributed by atoms with Gasteiger partial charge in [0.1, 0.15) is 11.8 Å². The summed E-state index contributed by atoms with van der Waals surface area (Å²) < 4.78 is 5.12. The Morgan fingerprint density at radius 2 is 1.85 bits per heavy atom. The van der Waals surface area contributed by atoms with Gasteiger partial charge in [-0.2, -0.15) is 0 Å². The number of anilines is 2. The van der Waals surface area contributed by atoms with Gasteiger partial charge in [0.05, 0.1) is 12.8 Å². The maximum absolute atomic E-state index is 12.8. The van der Waals surface area contributed by atoms with Crippen LogP contribution in [0.4, 0.5) is 11.4 Å². The van der Waals surface area contributed by atoms with Crippen LogP contribution in [-0.4, -0.2) is 25.0 Å². The van der Waals surface area contributed by atoms with Crippen molar-refractivity contribution >= 4 is 23.2 Å². The van der Waals surface area contributed by atoms with Crippen LogP contribution in [0.25, 0.3) is 0 Å². The molecule has 1 atom stereocenters. The molecule has 0 aliphatic rings. The quantitative estimate of drug-likeness (QED) is 0.652. The van der Waals surface area contributed by atoms with E-state index in [1.807, 2.05) is 32.9 Å². The zero-order valence-corrected chi connectivity index (χ0v) is 16.2. The average molecular weight is 369 g/mol. The van der Waals surface area contributed by atoms with Crippen molar-refractivity contribution in [2.45, 2.75) is 33.2 Å². The molecule has 0 aromatic heterocycles. The Morgan fingerprint density at radius 3 is 2.44 bits per heavy atom. The van der Waals surface area contributed by atoms with Crippen LogP contribution in [0, 0.1) is 12.8 Å². The zero-order chi connectivity index (χ0) is 20.0. The van der Waals surface area contributed by atoms with Crippen molar-refractivity contribution in [2.75, 3.05) is 18.2 Å². The second kappa shape index (κ2) is 9.07. The van der Waals surface area contributed by atoms with E-state index >= 15 is 0 Å². The lowest BCUT2D eigenvalue weighted by atomic mass is 10.0. The molecule has 4 N–H and O–H groups in total. The number of ether oxygens (including phenoxy) is 1. The van der Waals surface area contributed by atoms with Gasteiger partial charge in [0.25, 0.3) is 5.91 Å². The van der Waals surface area contributed by atoms with E-state index in [4.69, 9.17) is 10.5 Å². The molecule has 0 radical (unpaired) electrons. The Morgan fingerprint density at radius 1 is 1.15 bits per heavy atom. The van der Waals surface area contributed by atoms with E-state index in [1.165, 1.54) is 7.11 Å². The summed E-state index contributed by atoms with van der Waals surface area (Å²) in [7, 11) is 1.53. The minimum absolute atomic E-state index is 0.235. The van der Waals surface area contributed by atoms with Gasteiger partial charge in [-0.3, -0.25) is 9.59 Å². The molecule has 144 valence electrons. The molecule has 0 aliphatic heterocycles. The first-order valence-electron chi connectivity index (χ1n) is 8.92. The van der Waals surface area contributed by atoms with Gasteiger partial charge >= 0.3 is 0 Å². The molecule has 0 bridgehead atoms. The summed E-state index contributed by atoms with van der Waals surface area (Å²) >= 11 is 0. The van der Waals surface area contributed by atoms with Gasteiger partial charge in [-0.25, -0.2) is 0 Å². The summed E-state index contributed by atoms with van der Waals surface area (Å²) in [5.74, 6) is 0.233. The van der Waals surface area contributed by atoms with Crippen molar-refractivity contribution in [2.24, 2.45) is 5.92 Å². The summed E-state index contributed by atoms with van der Waals surface area (Å²) in [6.07, 6.45) is 0.523. The fourth-order valence-corrected chi connectivity index (χ4v) is 2.81. The molecule has 2 aromatic carbocycles. The van der Waals surface area contributed by atoms with Crippen molar-refractivity contribution in [3.8, 4) is 5.75 Å². The Kier molecular flexibility index (Phi) is 6.82. The van der Waals surface area contributed by atoms with Crippen LogP contribution in [0.15, 0.2) is 42.5 Å². The standard InChI is InChI=1S/C21H27N3O3/c1-13(2)11-18(24-20(25)16-8-6-5-7-14(16)3)21(26)23-15-9-10-19(27-4)17(22)12-15/h5-10,12-13,18H,11,22H2,1-4H3,(H,23,26)(H,24,25). The molecule has 0 fully saturated rings. The van der Waals surface area contributed by atoms with Crippen LogP contribution in [0.2, 0.25) is 0 Å². The monoisotopic (exact) mass is 369 g/mol. The molecule has 0 aliphatic carbocycles. The minimum atomic E-state index is -0.652. The highest BCUT2D eigenvalue weighted by Gasteiger charge is 2.23. The fraction of sp³-hybridized carbons (Fsp3) is 0.333. The van der Waals surface area contributed by atoms with Crippen molar-refractivity contribution < 1.29 is 14.3 Å². The number of carbonyl (C=O) groups is 2. The van der Waals surface area contributed by atoms with E-state index in [9.17, 15) is 9.59 Å². The lowest BCUT2D eigenvalue weighted by Gasteiger charge is -2.21. The van der Waals surface area contributed by atoms with Gasteiger partial charge < -0.3 is 21.1 Å². The molecular formula is C21H27N3O3. The Balaban J connectivity index is 2.15. The van der Waals surface area contributed by atoms with E-state index in [0.29, 0.717) is 29.1 Å². The summed E-state index contributed by atoms with van der Waals surface area (Å²) in [4.78, 5) is 25.4. The van der Waals surface area contributed by atoms with E-state index in [1.54, 1.807) is 30.3 Å². The van der Waals surface area contributed by atoms with Crippen LogP contribution in [-0.2, 0) is 4.79 Å². The lowest BCUT2D eigenvalue weighted by Crippen LogP contribution is -2.44. The molecular weight excluding hydrogens is 342 g/mol. The van der Waals surface area contributed by atoms with E-state index in [0.717, 1.165) is 5.56 Å². The first kappa shape index (κ1) is 20.3. The Bertz CT molecular complexity index is 818. The number of rotatable bonds is 7. The molecule has 27 heavy (non-hydrogen) atoms. The van der Waals surface area contributed by atoms with Gasteiger partial charge in [0.2, 0.25) is 5.91 Å². The van der Waals surface area contributed by atoms with Gasteiger partial charge in [-0.05, 0) is 49.1 Å². The number of amides is 2. The maximum atomic E-state index is 12.8. The van der Waals surface area contributed by atoms with Crippen LogP contribution < -0.4 is 21.1 Å². The number of nitrogens with one attached hydrogen (secondary N) is 2. The normalized spacial score (nSPS) is 11.7. The van der Waals surface area contributed by atoms with E-state index in [2.05, 4.69) is 10.6 Å². The SMILES string of the molecule is COc1ccc(NC(=O)C(CC(C)C)NC(=O)c2ccccc2C)cc1N. The number of carbonyl (C=O) groups excluding carboxylic acids is 2. The number of hydrogen-bond acceptors (Lipinski definition) is 4. The predicted molar refractivity (Wildman–Crippen MR) is 108 cm³/mol. The van der Waals surface area contributed by atoms with Gasteiger partial charge in [-0.1, -0.05) is 32.0 Å². The third-order valence-electron chi connectivity index (χ3n) is 4.22. The largest absolute Gasteiger partial charge is 0.495 e. The van der Waals surface area contributed by atoms with Gasteiger partial charge in [0, 0.05) is 11.3 Å². The molecule has 6 heteroatoms. The Hall–Kier alpha value is -3.02. The van der Waals surface area contributed by atoms with Crippen LogP contribution in [0.3, 0.4) is 0 Å². The summed E-state index contributed by atoms with van der Waals surface area (Å²) in [6, 6.07) is 11.7. The molecule has 0 spiro atoms. The van der Waals surface area contributed by atoms with Crippen molar-refractivity contribution in [1.29, 1.82) is 0 Å². The van der Waals surface area contributed by atoms with Gasteiger partial charge in [-0.15, -0.1) is 0 Å². The highest BCUT2D eigenvalue weighted by Crippen LogP contribution is 2.24. The number of benzene rings is 2. The molecule has 2 amide bonds. The van der Waals surface area contributed by atoms with Gasteiger partial charge in [0.15, 0.2) is 0 Å². The highest BCUT2D eigenvalue weighted by atomic mass is 16.5. The summed E-state index contributed by atoms with van der Waals surface area (Å²) in [5, 5.41) is 5.68. The third kappa shape index (κ3) is 5.48. The predicted octanol–water partition coefficient (Wildman–Crippen LogP) is 3.37. The molecule has 1 unspecified atom stereocenters. The fourth-order valence-electron chi connectivity index (χ4n) is 2.81. The number of nitrogens with two attached hydrogens (primary N) is 1. The first-order chi connectivity index (χ1) is 12.8. The van der Waals surface area contributed by atoms with Crippen molar-refractivity contribution in [3.63, 3.8) is 0 Å². The maximum Gasteiger partial charge on any atom is 0.252 e. The van der Waals surface area contributed by atoms with Crippen LogP contribution >= 0.6 is 0 Å². The number of aryl methyl sites for hydroxylation is 1. The lowest BCUT2D eigenvalue weighted by molar-refractivity contribution is -0.118. The number of nitrogen functional groups attached to an aromatic ring is 1. The number of methoxy groups -OCH3 is 1. The second-order valence-corrected chi connectivity index (χ2v) is 6.92. The molecule has 6 nitrogen and oxygen atoms in total.